The smallest absolute Gasteiger partial charge is 0.257 e. The van der Waals surface area contributed by atoms with Gasteiger partial charge in [0, 0.05) is 11.9 Å². The summed E-state index contributed by atoms with van der Waals surface area (Å²) in [4.78, 5) is 29.4. The minimum absolute atomic E-state index is 0.0137. The van der Waals surface area contributed by atoms with Crippen molar-refractivity contribution in [3.8, 4) is 5.75 Å². The minimum atomic E-state index is -0.676. The topological polar surface area (TPSA) is 85.2 Å². The molecule has 0 fully saturated rings. The predicted octanol–water partition coefficient (Wildman–Crippen LogP) is 2.92. The highest BCUT2D eigenvalue weighted by molar-refractivity contribution is 7.71. The highest BCUT2D eigenvalue weighted by Gasteiger charge is 2.33. The summed E-state index contributed by atoms with van der Waals surface area (Å²) < 4.78 is 6.68. The molecule has 7 nitrogen and oxygen atoms in total. The van der Waals surface area contributed by atoms with Gasteiger partial charge in [-0.2, -0.15) is 0 Å². The number of amides is 1. The Hall–Kier alpha value is -3.26. The molecule has 1 amide bonds. The summed E-state index contributed by atoms with van der Waals surface area (Å²) >= 11 is 5.27. The first kappa shape index (κ1) is 18.1. The molecule has 2 heterocycles. The molecule has 8 heteroatoms. The molecule has 0 saturated heterocycles. The zero-order valence-electron chi connectivity index (χ0n) is 15.1. The number of benzene rings is 2. The number of anilines is 1. The van der Waals surface area contributed by atoms with Crippen LogP contribution in [-0.2, 0) is 11.3 Å². The van der Waals surface area contributed by atoms with Crippen molar-refractivity contribution in [3.05, 3.63) is 58.9 Å². The normalized spacial score (nSPS) is 15.2. The molecule has 2 aromatic carbocycles. The quantitative estimate of drug-likeness (QED) is 0.648. The number of nitrogens with zero attached hydrogens (tertiary/aromatic N) is 2. The lowest BCUT2D eigenvalue weighted by atomic mass is 10.2. The van der Waals surface area contributed by atoms with E-state index >= 15 is 0 Å². The van der Waals surface area contributed by atoms with Crippen LogP contribution < -0.4 is 15.4 Å². The van der Waals surface area contributed by atoms with Gasteiger partial charge in [-0.15, -0.1) is 0 Å². The van der Waals surface area contributed by atoms with E-state index in [1.807, 2.05) is 48.5 Å². The van der Waals surface area contributed by atoms with Crippen LogP contribution >= 0.6 is 12.2 Å². The molecule has 1 aromatic heterocycles. The van der Waals surface area contributed by atoms with Gasteiger partial charge in [-0.25, -0.2) is 9.55 Å². The molecule has 0 saturated carbocycles. The average Bonchev–Trinajstić information content (AvgIpc) is 3.04. The van der Waals surface area contributed by atoms with E-state index in [1.54, 1.807) is 7.11 Å². The Morgan fingerprint density at radius 3 is 2.75 bits per heavy atom. The van der Waals surface area contributed by atoms with Crippen molar-refractivity contribution in [2.75, 3.05) is 12.4 Å². The van der Waals surface area contributed by atoms with Crippen LogP contribution in [0.4, 0.5) is 5.82 Å². The van der Waals surface area contributed by atoms with Gasteiger partial charge in [-0.1, -0.05) is 24.3 Å². The molecule has 3 aromatic rings. The second-order valence-corrected chi connectivity index (χ2v) is 6.82. The molecule has 0 radical (unpaired) electrons. The zero-order valence-corrected chi connectivity index (χ0v) is 16.0. The Balaban J connectivity index is 1.46. The third kappa shape index (κ3) is 3.34. The van der Waals surface area contributed by atoms with E-state index in [0.717, 1.165) is 16.7 Å². The number of para-hydroxylation sites is 1. The number of ether oxygens (including phenoxy) is 1. The summed E-state index contributed by atoms with van der Waals surface area (Å²) in [5.74, 6) is 0.857. The Morgan fingerprint density at radius 2 is 2.00 bits per heavy atom. The molecule has 0 bridgehead atoms. The maximum atomic E-state index is 12.7. The Morgan fingerprint density at radius 1 is 1.25 bits per heavy atom. The average molecular weight is 394 g/mol. The standard InChI is InChI=1S/C20H18N4O3S/c1-27-13-8-6-12(7-9-13)11-21-17(25)10-16-19(26)24-18(22-16)14-4-2-3-5-15(14)23-20(24)28/h2-9,16,22H,10-11H2,1H3,(H,21,25). The van der Waals surface area contributed by atoms with Crippen molar-refractivity contribution >= 4 is 40.8 Å². The highest BCUT2D eigenvalue weighted by atomic mass is 32.1. The first-order valence-electron chi connectivity index (χ1n) is 8.79. The third-order valence-electron chi connectivity index (χ3n) is 4.66. The maximum Gasteiger partial charge on any atom is 0.257 e. The van der Waals surface area contributed by atoms with Crippen molar-refractivity contribution in [2.24, 2.45) is 0 Å². The molecule has 2 N–H and O–H groups in total. The minimum Gasteiger partial charge on any atom is -0.497 e. The van der Waals surface area contributed by atoms with Gasteiger partial charge in [0.05, 0.1) is 19.0 Å². The number of aromatic nitrogens is 2. The van der Waals surface area contributed by atoms with Crippen LogP contribution in [0.5, 0.6) is 5.75 Å². The molecular weight excluding hydrogens is 376 g/mol. The Kier molecular flexibility index (Phi) is 4.79. The maximum absolute atomic E-state index is 12.7. The summed E-state index contributed by atoms with van der Waals surface area (Å²) in [6.45, 7) is 0.376. The molecule has 142 valence electrons. The van der Waals surface area contributed by atoms with Gasteiger partial charge in [0.1, 0.15) is 17.6 Å². The summed E-state index contributed by atoms with van der Waals surface area (Å²) in [7, 11) is 1.60. The van der Waals surface area contributed by atoms with Crippen LogP contribution in [0.2, 0.25) is 0 Å². The lowest BCUT2D eigenvalue weighted by Crippen LogP contribution is -2.33. The molecule has 0 aliphatic carbocycles. The van der Waals surface area contributed by atoms with Crippen LogP contribution in [0.15, 0.2) is 48.5 Å². The predicted molar refractivity (Wildman–Crippen MR) is 108 cm³/mol. The Bertz CT molecular complexity index is 1120. The van der Waals surface area contributed by atoms with Gasteiger partial charge >= 0.3 is 0 Å². The second-order valence-electron chi connectivity index (χ2n) is 6.46. The first-order chi connectivity index (χ1) is 13.6. The van der Waals surface area contributed by atoms with Gasteiger partial charge < -0.3 is 15.4 Å². The van der Waals surface area contributed by atoms with E-state index in [9.17, 15) is 9.59 Å². The fourth-order valence-electron chi connectivity index (χ4n) is 3.21. The lowest BCUT2D eigenvalue weighted by Gasteiger charge is -2.10. The van der Waals surface area contributed by atoms with Crippen molar-refractivity contribution in [3.63, 3.8) is 0 Å². The summed E-state index contributed by atoms with van der Waals surface area (Å²) in [5, 5.41) is 6.78. The van der Waals surface area contributed by atoms with E-state index in [-0.39, 0.29) is 23.0 Å². The van der Waals surface area contributed by atoms with Gasteiger partial charge in [-0.3, -0.25) is 9.59 Å². The molecule has 28 heavy (non-hydrogen) atoms. The summed E-state index contributed by atoms with van der Waals surface area (Å²) in [6, 6.07) is 14.2. The number of hydrogen-bond donors (Lipinski definition) is 2. The third-order valence-corrected chi connectivity index (χ3v) is 4.93. The first-order valence-corrected chi connectivity index (χ1v) is 9.20. The molecule has 4 rings (SSSR count). The van der Waals surface area contributed by atoms with Crippen LogP contribution in [0.1, 0.15) is 16.8 Å². The number of carbonyl (C=O) groups is 2. The van der Waals surface area contributed by atoms with Crippen LogP contribution in [0.3, 0.4) is 0 Å². The van der Waals surface area contributed by atoms with Gasteiger partial charge in [0.2, 0.25) is 10.7 Å². The van der Waals surface area contributed by atoms with E-state index in [4.69, 9.17) is 17.0 Å². The lowest BCUT2D eigenvalue weighted by molar-refractivity contribution is -0.121. The van der Waals surface area contributed by atoms with E-state index in [2.05, 4.69) is 15.6 Å². The molecule has 1 atom stereocenters. The number of rotatable bonds is 5. The van der Waals surface area contributed by atoms with Crippen molar-refractivity contribution < 1.29 is 14.3 Å². The van der Waals surface area contributed by atoms with Crippen LogP contribution in [-0.4, -0.2) is 34.5 Å². The van der Waals surface area contributed by atoms with Gasteiger partial charge in [-0.05, 0) is 42.0 Å². The van der Waals surface area contributed by atoms with Gasteiger partial charge in [0.15, 0.2) is 0 Å². The molecule has 1 aliphatic heterocycles. The summed E-state index contributed by atoms with van der Waals surface area (Å²) in [6.07, 6.45) is 0.0137. The monoisotopic (exact) mass is 394 g/mol. The SMILES string of the molecule is COc1ccc(CNC(=O)CC2Nc3c4ccccc4nc(=S)n3C2=O)cc1. The van der Waals surface area contributed by atoms with E-state index < -0.39 is 6.04 Å². The van der Waals surface area contributed by atoms with Crippen LogP contribution in [0, 0.1) is 4.77 Å². The number of nitrogens with one attached hydrogen (secondary N) is 2. The van der Waals surface area contributed by atoms with Crippen LogP contribution in [0.25, 0.3) is 10.9 Å². The van der Waals surface area contributed by atoms with Gasteiger partial charge in [0.25, 0.3) is 5.91 Å². The van der Waals surface area contributed by atoms with Crippen molar-refractivity contribution in [1.29, 1.82) is 0 Å². The fraction of sp³-hybridized carbons (Fsp3) is 0.200. The molecule has 0 spiro atoms. The Labute approximate surface area is 166 Å². The number of carbonyl (C=O) groups excluding carboxylic acids is 2. The molecular formula is C20H18N4O3S. The van der Waals surface area contributed by atoms with Crippen molar-refractivity contribution in [2.45, 2.75) is 19.0 Å². The molecule has 1 aliphatic rings. The number of fused-ring (bicyclic) bond motifs is 3. The number of methoxy groups -OCH3 is 1. The highest BCUT2D eigenvalue weighted by Crippen LogP contribution is 2.28. The largest absolute Gasteiger partial charge is 0.497 e. The second kappa shape index (κ2) is 7.40. The summed E-state index contributed by atoms with van der Waals surface area (Å²) in [5.41, 5.74) is 1.66. The molecule has 1 unspecified atom stereocenters. The fourth-order valence-corrected chi connectivity index (χ4v) is 3.49. The van der Waals surface area contributed by atoms with Crippen molar-refractivity contribution in [1.82, 2.24) is 14.9 Å². The number of hydrogen-bond acceptors (Lipinski definition) is 6. The zero-order chi connectivity index (χ0) is 19.7. The van der Waals surface area contributed by atoms with E-state index in [0.29, 0.717) is 17.9 Å². The van der Waals surface area contributed by atoms with E-state index in [1.165, 1.54) is 4.57 Å².